The maximum atomic E-state index is 13.1. The number of benzene rings is 2. The predicted octanol–water partition coefficient (Wildman–Crippen LogP) is 4.98. The summed E-state index contributed by atoms with van der Waals surface area (Å²) in [5, 5.41) is 3.76. The molecule has 6 heteroatoms. The smallest absolute Gasteiger partial charge is 0.242 e. The molecule has 31 heavy (non-hydrogen) atoms. The van der Waals surface area contributed by atoms with E-state index in [0.29, 0.717) is 31.0 Å². The molecule has 0 aromatic heterocycles. The Labute approximate surface area is 189 Å². The normalized spacial score (nSPS) is 14.8. The summed E-state index contributed by atoms with van der Waals surface area (Å²) in [6.07, 6.45) is 5.23. The summed E-state index contributed by atoms with van der Waals surface area (Å²) in [6, 6.07) is 16.6. The van der Waals surface area contributed by atoms with Gasteiger partial charge in [0.2, 0.25) is 11.8 Å². The van der Waals surface area contributed by atoms with E-state index in [9.17, 15) is 9.59 Å². The van der Waals surface area contributed by atoms with Crippen molar-refractivity contribution in [3.05, 3.63) is 65.2 Å². The molecule has 2 amide bonds. The SMILES string of the molecule is C[C@@H](C(=O)NC1CCCC1)N(Cc1ccc(Cl)cc1)C(=O)CCCOc1ccccc1. The minimum atomic E-state index is -0.543. The molecule has 1 atom stereocenters. The number of amides is 2. The van der Waals surface area contributed by atoms with Crippen molar-refractivity contribution in [1.29, 1.82) is 0 Å². The second-order valence-electron chi connectivity index (χ2n) is 8.08. The summed E-state index contributed by atoms with van der Waals surface area (Å²) < 4.78 is 5.70. The molecule has 2 aromatic rings. The number of carbonyl (C=O) groups excluding carboxylic acids is 2. The maximum Gasteiger partial charge on any atom is 0.242 e. The monoisotopic (exact) mass is 442 g/mol. The molecule has 1 saturated carbocycles. The molecule has 0 aliphatic heterocycles. The van der Waals surface area contributed by atoms with Gasteiger partial charge in [0.05, 0.1) is 6.61 Å². The molecule has 1 aliphatic rings. The first kappa shape index (κ1) is 23.1. The third kappa shape index (κ3) is 7.28. The Kier molecular flexibility index (Phi) is 8.77. The van der Waals surface area contributed by atoms with E-state index in [1.807, 2.05) is 42.5 Å². The molecule has 3 rings (SSSR count). The molecule has 166 valence electrons. The number of halogens is 1. The van der Waals surface area contributed by atoms with Crippen LogP contribution in [0.2, 0.25) is 5.02 Å². The zero-order valence-corrected chi connectivity index (χ0v) is 18.8. The molecule has 0 heterocycles. The van der Waals surface area contributed by atoms with E-state index in [2.05, 4.69) is 5.32 Å². The quantitative estimate of drug-likeness (QED) is 0.528. The number of carbonyl (C=O) groups is 2. The summed E-state index contributed by atoms with van der Waals surface area (Å²) in [6.45, 7) is 2.63. The Morgan fingerprint density at radius 3 is 2.45 bits per heavy atom. The van der Waals surface area contributed by atoms with Gasteiger partial charge in [-0.25, -0.2) is 0 Å². The van der Waals surface area contributed by atoms with Crippen LogP contribution in [0.3, 0.4) is 0 Å². The van der Waals surface area contributed by atoms with Crippen molar-refractivity contribution in [3.63, 3.8) is 0 Å². The molecule has 1 aliphatic carbocycles. The summed E-state index contributed by atoms with van der Waals surface area (Å²) in [5.41, 5.74) is 0.943. The predicted molar refractivity (Wildman–Crippen MR) is 123 cm³/mol. The highest BCUT2D eigenvalue weighted by molar-refractivity contribution is 6.30. The Hall–Kier alpha value is -2.53. The lowest BCUT2D eigenvalue weighted by molar-refractivity contribution is -0.141. The molecular formula is C25H31ClN2O3. The lowest BCUT2D eigenvalue weighted by Gasteiger charge is -2.30. The minimum absolute atomic E-state index is 0.0549. The highest BCUT2D eigenvalue weighted by Crippen LogP contribution is 2.19. The molecule has 5 nitrogen and oxygen atoms in total. The van der Waals surface area contributed by atoms with E-state index >= 15 is 0 Å². The molecule has 0 spiro atoms. The second kappa shape index (κ2) is 11.8. The Morgan fingerprint density at radius 1 is 1.10 bits per heavy atom. The van der Waals surface area contributed by atoms with Crippen LogP contribution in [0.4, 0.5) is 0 Å². The molecule has 0 radical (unpaired) electrons. The largest absolute Gasteiger partial charge is 0.494 e. The third-order valence-corrected chi connectivity index (χ3v) is 5.93. The van der Waals surface area contributed by atoms with Gasteiger partial charge in [-0.3, -0.25) is 9.59 Å². The second-order valence-corrected chi connectivity index (χ2v) is 8.52. The van der Waals surface area contributed by atoms with Crippen LogP contribution in [0.15, 0.2) is 54.6 Å². The van der Waals surface area contributed by atoms with Crippen LogP contribution >= 0.6 is 11.6 Å². The molecular weight excluding hydrogens is 412 g/mol. The summed E-state index contributed by atoms with van der Waals surface area (Å²) in [5.74, 6) is 0.646. The van der Waals surface area contributed by atoms with Crippen LogP contribution < -0.4 is 10.1 Å². The number of nitrogens with one attached hydrogen (secondary N) is 1. The maximum absolute atomic E-state index is 13.1. The summed E-state index contributed by atoms with van der Waals surface area (Å²) in [4.78, 5) is 27.6. The first-order valence-electron chi connectivity index (χ1n) is 11.0. The lowest BCUT2D eigenvalue weighted by atomic mass is 10.1. The number of rotatable bonds is 10. The highest BCUT2D eigenvalue weighted by atomic mass is 35.5. The molecule has 1 N–H and O–H groups in total. The van der Waals surface area contributed by atoms with Crippen LogP contribution in [-0.4, -0.2) is 35.4 Å². The van der Waals surface area contributed by atoms with Gasteiger partial charge in [0.1, 0.15) is 11.8 Å². The zero-order chi connectivity index (χ0) is 22.1. The van der Waals surface area contributed by atoms with Crippen molar-refractivity contribution in [1.82, 2.24) is 10.2 Å². The topological polar surface area (TPSA) is 58.6 Å². The average Bonchev–Trinajstić information content (AvgIpc) is 3.29. The first-order valence-corrected chi connectivity index (χ1v) is 11.4. The van der Waals surface area contributed by atoms with Gasteiger partial charge in [-0.1, -0.05) is 54.8 Å². The van der Waals surface area contributed by atoms with Crippen molar-refractivity contribution in [3.8, 4) is 5.75 Å². The van der Waals surface area contributed by atoms with E-state index in [0.717, 1.165) is 37.0 Å². The average molecular weight is 443 g/mol. The van der Waals surface area contributed by atoms with Gasteiger partial charge in [0, 0.05) is 24.0 Å². The van der Waals surface area contributed by atoms with Crippen molar-refractivity contribution in [2.24, 2.45) is 0 Å². The Balaban J connectivity index is 1.59. The minimum Gasteiger partial charge on any atom is -0.494 e. The molecule has 0 bridgehead atoms. The number of ether oxygens (including phenoxy) is 1. The van der Waals surface area contributed by atoms with Gasteiger partial charge in [0.25, 0.3) is 0 Å². The van der Waals surface area contributed by atoms with Gasteiger partial charge in [-0.05, 0) is 56.0 Å². The lowest BCUT2D eigenvalue weighted by Crippen LogP contribution is -2.49. The standard InChI is InChI=1S/C25H31ClN2O3/c1-19(25(30)27-22-8-5-6-9-22)28(18-20-13-15-21(26)16-14-20)24(29)12-7-17-31-23-10-3-2-4-11-23/h2-4,10-11,13-16,19,22H,5-9,12,17-18H2,1H3,(H,27,30)/t19-/m0/s1. The first-order chi connectivity index (χ1) is 15.0. The van der Waals surface area contributed by atoms with Crippen LogP contribution in [0, 0.1) is 0 Å². The summed E-state index contributed by atoms with van der Waals surface area (Å²) in [7, 11) is 0. The fourth-order valence-corrected chi connectivity index (χ4v) is 3.96. The van der Waals surface area contributed by atoms with E-state index in [1.165, 1.54) is 0 Å². The van der Waals surface area contributed by atoms with Gasteiger partial charge in [-0.15, -0.1) is 0 Å². The van der Waals surface area contributed by atoms with E-state index in [1.54, 1.807) is 24.0 Å². The third-order valence-electron chi connectivity index (χ3n) is 5.68. The highest BCUT2D eigenvalue weighted by Gasteiger charge is 2.28. The zero-order valence-electron chi connectivity index (χ0n) is 18.1. The summed E-state index contributed by atoms with van der Waals surface area (Å²) >= 11 is 6.00. The fraction of sp³-hybridized carbons (Fsp3) is 0.440. The Morgan fingerprint density at radius 2 is 1.77 bits per heavy atom. The number of nitrogens with zero attached hydrogens (tertiary/aromatic N) is 1. The molecule has 0 unspecified atom stereocenters. The van der Waals surface area contributed by atoms with E-state index in [-0.39, 0.29) is 17.9 Å². The van der Waals surface area contributed by atoms with E-state index in [4.69, 9.17) is 16.3 Å². The fourth-order valence-electron chi connectivity index (χ4n) is 3.83. The van der Waals surface area contributed by atoms with Gasteiger partial charge in [0.15, 0.2) is 0 Å². The van der Waals surface area contributed by atoms with Crippen LogP contribution in [0.1, 0.15) is 51.0 Å². The van der Waals surface area contributed by atoms with E-state index < -0.39 is 6.04 Å². The molecule has 0 saturated heterocycles. The van der Waals surface area contributed by atoms with Crippen LogP contribution in [0.25, 0.3) is 0 Å². The number of hydrogen-bond donors (Lipinski definition) is 1. The van der Waals surface area contributed by atoms with Gasteiger partial charge < -0.3 is 15.0 Å². The van der Waals surface area contributed by atoms with Crippen LogP contribution in [0.5, 0.6) is 5.75 Å². The van der Waals surface area contributed by atoms with Crippen molar-refractivity contribution < 1.29 is 14.3 Å². The number of hydrogen-bond acceptors (Lipinski definition) is 3. The van der Waals surface area contributed by atoms with Crippen LogP contribution in [-0.2, 0) is 16.1 Å². The van der Waals surface area contributed by atoms with Gasteiger partial charge >= 0.3 is 0 Å². The van der Waals surface area contributed by atoms with Crippen molar-refractivity contribution in [2.45, 2.75) is 64.1 Å². The van der Waals surface area contributed by atoms with Crippen molar-refractivity contribution >= 4 is 23.4 Å². The molecule has 2 aromatic carbocycles. The van der Waals surface area contributed by atoms with Gasteiger partial charge in [-0.2, -0.15) is 0 Å². The Bertz CT molecular complexity index is 836. The van der Waals surface area contributed by atoms with Crippen molar-refractivity contribution in [2.75, 3.05) is 6.61 Å². The number of para-hydroxylation sites is 1. The molecule has 1 fully saturated rings.